The van der Waals surface area contributed by atoms with Gasteiger partial charge in [-0.15, -0.1) is 0 Å². The van der Waals surface area contributed by atoms with E-state index in [0.717, 1.165) is 42.6 Å². The number of hydrogen-bond donors (Lipinski definition) is 2. The van der Waals surface area contributed by atoms with Crippen molar-refractivity contribution in [3.63, 3.8) is 0 Å². The van der Waals surface area contributed by atoms with Gasteiger partial charge in [0.15, 0.2) is 0 Å². The molecule has 0 radical (unpaired) electrons. The van der Waals surface area contributed by atoms with E-state index in [2.05, 4.69) is 36.8 Å². The summed E-state index contributed by atoms with van der Waals surface area (Å²) in [6.45, 7) is 6.59. The molecular formula is C19H18Br2N4O. The van der Waals surface area contributed by atoms with Crippen LogP contribution in [0.1, 0.15) is 26.3 Å². The molecule has 2 aromatic carbocycles. The van der Waals surface area contributed by atoms with Crippen molar-refractivity contribution in [2.24, 2.45) is 0 Å². The van der Waals surface area contributed by atoms with Gasteiger partial charge in [-0.25, -0.2) is 4.98 Å². The largest absolute Gasteiger partial charge is 0.397 e. The Morgan fingerprint density at radius 1 is 1.19 bits per heavy atom. The summed E-state index contributed by atoms with van der Waals surface area (Å²) < 4.78 is 1.63. The summed E-state index contributed by atoms with van der Waals surface area (Å²) in [4.78, 5) is 22.6. The molecule has 7 heteroatoms. The molecule has 2 heterocycles. The van der Waals surface area contributed by atoms with E-state index in [4.69, 9.17) is 10.7 Å². The molecule has 3 N–H and O–H groups in total. The number of H-pyrrole nitrogens is 1. The maximum absolute atomic E-state index is 12.7. The molecule has 0 spiro atoms. The lowest BCUT2D eigenvalue weighted by molar-refractivity contribution is -0.122. The van der Waals surface area contributed by atoms with Gasteiger partial charge >= 0.3 is 0 Å². The lowest BCUT2D eigenvalue weighted by Gasteiger charge is -2.18. The number of halogens is 2. The van der Waals surface area contributed by atoms with Crippen molar-refractivity contribution in [1.82, 2.24) is 9.97 Å². The van der Waals surface area contributed by atoms with Crippen LogP contribution < -0.4 is 10.6 Å². The Balaban J connectivity index is 1.90. The number of nitrogens with zero attached hydrogens (tertiary/aromatic N) is 2. The number of likely N-dealkylation sites (N-methyl/N-ethyl adjacent to an activating group) is 1. The van der Waals surface area contributed by atoms with Gasteiger partial charge in [-0.2, -0.15) is 0 Å². The maximum atomic E-state index is 12.7. The molecule has 0 unspecified atom stereocenters. The summed E-state index contributed by atoms with van der Waals surface area (Å²) in [7, 11) is 0. The highest BCUT2D eigenvalue weighted by molar-refractivity contribution is 9.11. The molecule has 1 amide bonds. The normalized spacial score (nSPS) is 15.7. The number of fused-ring (bicyclic) bond motifs is 2. The summed E-state index contributed by atoms with van der Waals surface area (Å²) >= 11 is 6.96. The standard InChI is InChI=1S/C19H18Br2N4O/c1-4-25-15-8-14-13(7-10(15)19(2,3)18(25)26)23-17(24-14)9-5-11(20)16(22)12(21)6-9/h5-8H,4,22H2,1-3H3,(H,23,24). The molecule has 1 aliphatic heterocycles. The number of rotatable bonds is 2. The minimum absolute atomic E-state index is 0.134. The van der Waals surface area contributed by atoms with E-state index in [1.165, 1.54) is 0 Å². The number of nitrogen functional groups attached to an aromatic ring is 1. The first-order valence-corrected chi connectivity index (χ1v) is 9.93. The lowest BCUT2D eigenvalue weighted by Crippen LogP contribution is -2.35. The summed E-state index contributed by atoms with van der Waals surface area (Å²) in [5, 5.41) is 0. The van der Waals surface area contributed by atoms with Crippen LogP contribution >= 0.6 is 31.9 Å². The third-order valence-corrected chi connectivity index (χ3v) is 6.32. The van der Waals surface area contributed by atoms with Gasteiger partial charge in [0.25, 0.3) is 0 Å². The Hall–Kier alpha value is -1.86. The van der Waals surface area contributed by atoms with Crippen molar-refractivity contribution < 1.29 is 4.79 Å². The first kappa shape index (κ1) is 17.5. The summed E-state index contributed by atoms with van der Waals surface area (Å²) in [6.07, 6.45) is 0. The molecule has 0 saturated carbocycles. The predicted molar refractivity (Wildman–Crippen MR) is 112 cm³/mol. The second-order valence-electron chi connectivity index (χ2n) is 7.00. The van der Waals surface area contributed by atoms with Gasteiger partial charge in [0.2, 0.25) is 5.91 Å². The first-order valence-electron chi connectivity index (χ1n) is 8.35. The van der Waals surface area contributed by atoms with Crippen LogP contribution in [0.25, 0.3) is 22.4 Å². The van der Waals surface area contributed by atoms with Crippen LogP contribution in [0, 0.1) is 0 Å². The van der Waals surface area contributed by atoms with Crippen molar-refractivity contribution in [2.75, 3.05) is 17.2 Å². The zero-order chi connectivity index (χ0) is 18.8. The minimum atomic E-state index is -0.536. The number of amides is 1. The van der Waals surface area contributed by atoms with Crippen LogP contribution in [0.5, 0.6) is 0 Å². The maximum Gasteiger partial charge on any atom is 0.237 e. The number of aromatic amines is 1. The van der Waals surface area contributed by atoms with E-state index in [0.29, 0.717) is 12.2 Å². The highest BCUT2D eigenvalue weighted by Crippen LogP contribution is 2.43. The predicted octanol–water partition coefficient (Wildman–Crippen LogP) is 4.98. The third kappa shape index (κ3) is 2.41. The molecule has 0 bridgehead atoms. The van der Waals surface area contributed by atoms with Crippen molar-refractivity contribution in [2.45, 2.75) is 26.2 Å². The van der Waals surface area contributed by atoms with Crippen LogP contribution in [-0.2, 0) is 10.2 Å². The fourth-order valence-corrected chi connectivity index (χ4v) is 4.69. The van der Waals surface area contributed by atoms with E-state index in [1.807, 2.05) is 49.9 Å². The first-order chi connectivity index (χ1) is 12.2. The zero-order valence-corrected chi connectivity index (χ0v) is 17.8. The van der Waals surface area contributed by atoms with Gasteiger partial charge in [-0.1, -0.05) is 0 Å². The Morgan fingerprint density at radius 3 is 2.46 bits per heavy atom. The molecule has 26 heavy (non-hydrogen) atoms. The van der Waals surface area contributed by atoms with Crippen molar-refractivity contribution in [3.05, 3.63) is 38.8 Å². The zero-order valence-electron chi connectivity index (χ0n) is 14.7. The van der Waals surface area contributed by atoms with Crippen molar-refractivity contribution in [1.29, 1.82) is 0 Å². The van der Waals surface area contributed by atoms with E-state index >= 15 is 0 Å². The van der Waals surface area contributed by atoms with Crippen molar-refractivity contribution >= 4 is 60.2 Å². The fraction of sp³-hybridized carbons (Fsp3) is 0.263. The SMILES string of the molecule is CCN1C(=O)C(C)(C)c2cc3nc(-c4cc(Br)c(N)c(Br)c4)[nH]c3cc21. The number of nitrogens with two attached hydrogens (primary N) is 1. The summed E-state index contributed by atoms with van der Waals surface area (Å²) in [6, 6.07) is 7.94. The second kappa shape index (κ2) is 5.82. The highest BCUT2D eigenvalue weighted by atomic mass is 79.9. The number of aromatic nitrogens is 2. The number of anilines is 2. The molecule has 4 rings (SSSR count). The van der Waals surface area contributed by atoms with Gasteiger partial charge < -0.3 is 15.6 Å². The molecule has 5 nitrogen and oxygen atoms in total. The van der Waals surface area contributed by atoms with E-state index < -0.39 is 5.41 Å². The van der Waals surface area contributed by atoms with Gasteiger partial charge in [0.05, 0.1) is 27.8 Å². The fourth-order valence-electron chi connectivity index (χ4n) is 3.50. The smallest absolute Gasteiger partial charge is 0.237 e. The van der Waals surface area contributed by atoms with Crippen molar-refractivity contribution in [3.8, 4) is 11.4 Å². The average molecular weight is 478 g/mol. The molecular weight excluding hydrogens is 460 g/mol. The van der Waals surface area contributed by atoms with Crippen LogP contribution in [0.15, 0.2) is 33.2 Å². The van der Waals surface area contributed by atoms with Gasteiger partial charge in [0.1, 0.15) is 5.82 Å². The van der Waals surface area contributed by atoms with E-state index in [-0.39, 0.29) is 5.91 Å². The average Bonchev–Trinajstić information content (AvgIpc) is 3.08. The molecule has 0 saturated heterocycles. The molecule has 0 aliphatic carbocycles. The quantitative estimate of drug-likeness (QED) is 0.511. The van der Waals surface area contributed by atoms with E-state index in [1.54, 1.807) is 0 Å². The molecule has 0 fully saturated rings. The molecule has 0 atom stereocenters. The number of benzene rings is 2. The van der Waals surface area contributed by atoms with Crippen LogP contribution in [0.3, 0.4) is 0 Å². The summed E-state index contributed by atoms with van der Waals surface area (Å²) in [5.74, 6) is 0.895. The summed E-state index contributed by atoms with van der Waals surface area (Å²) in [5.41, 5.74) is 10.8. The molecule has 134 valence electrons. The second-order valence-corrected chi connectivity index (χ2v) is 8.71. The monoisotopic (exact) mass is 476 g/mol. The number of hydrogen-bond acceptors (Lipinski definition) is 3. The van der Waals surface area contributed by atoms with Crippen LogP contribution in [0.2, 0.25) is 0 Å². The molecule has 1 aliphatic rings. The van der Waals surface area contributed by atoms with Gasteiger partial charge in [0, 0.05) is 21.1 Å². The molecule has 3 aromatic rings. The lowest BCUT2D eigenvalue weighted by atomic mass is 9.86. The Labute approximate surface area is 168 Å². The Morgan fingerprint density at radius 2 is 1.85 bits per heavy atom. The number of carbonyl (C=O) groups excluding carboxylic acids is 1. The van der Waals surface area contributed by atoms with Gasteiger partial charge in [-0.3, -0.25) is 4.79 Å². The third-order valence-electron chi connectivity index (χ3n) is 5.01. The van der Waals surface area contributed by atoms with Crippen LogP contribution in [0.4, 0.5) is 11.4 Å². The number of carbonyl (C=O) groups is 1. The number of nitrogens with one attached hydrogen (secondary N) is 1. The van der Waals surface area contributed by atoms with Gasteiger partial charge in [-0.05, 0) is 82.5 Å². The van der Waals surface area contributed by atoms with E-state index in [9.17, 15) is 4.79 Å². The number of imidazole rings is 1. The highest BCUT2D eigenvalue weighted by Gasteiger charge is 2.43. The Kier molecular flexibility index (Phi) is 3.93. The topological polar surface area (TPSA) is 75.0 Å². The van der Waals surface area contributed by atoms with Crippen LogP contribution in [-0.4, -0.2) is 22.4 Å². The molecule has 1 aromatic heterocycles. The minimum Gasteiger partial charge on any atom is -0.397 e. The Bertz CT molecular complexity index is 1050.